The third-order valence-electron chi connectivity index (χ3n) is 4.59. The molecule has 2 aromatic carbocycles. The Morgan fingerprint density at radius 1 is 1.13 bits per heavy atom. The van der Waals surface area contributed by atoms with Crippen molar-refractivity contribution >= 4 is 33.2 Å². The number of hydrogen-bond donors (Lipinski definition) is 1. The van der Waals surface area contributed by atoms with E-state index in [4.69, 9.17) is 16.3 Å². The van der Waals surface area contributed by atoms with Gasteiger partial charge in [-0.15, -0.1) is 0 Å². The summed E-state index contributed by atoms with van der Waals surface area (Å²) in [5, 5.41) is 1.88. The van der Waals surface area contributed by atoms with Gasteiger partial charge in [-0.25, -0.2) is 8.42 Å². The van der Waals surface area contributed by atoms with Crippen LogP contribution in [0.5, 0.6) is 0 Å². The topological polar surface area (TPSA) is 75.7 Å². The van der Waals surface area contributed by atoms with Crippen molar-refractivity contribution < 1.29 is 31.1 Å². The van der Waals surface area contributed by atoms with Gasteiger partial charge in [0.2, 0.25) is 10.0 Å². The van der Waals surface area contributed by atoms with Gasteiger partial charge >= 0.3 is 6.18 Å². The molecule has 0 radical (unpaired) electrons. The van der Waals surface area contributed by atoms with Crippen LogP contribution in [-0.4, -0.2) is 44.9 Å². The molecule has 30 heavy (non-hydrogen) atoms. The van der Waals surface area contributed by atoms with Gasteiger partial charge in [-0.05, 0) is 42.8 Å². The Morgan fingerprint density at radius 3 is 2.43 bits per heavy atom. The zero-order valence-electron chi connectivity index (χ0n) is 15.8. The van der Waals surface area contributed by atoms with Crippen LogP contribution in [0.4, 0.5) is 18.9 Å². The van der Waals surface area contributed by atoms with Crippen molar-refractivity contribution in [1.82, 2.24) is 4.31 Å². The minimum atomic E-state index is -4.68. The minimum Gasteiger partial charge on any atom is -0.379 e. The van der Waals surface area contributed by atoms with Crippen molar-refractivity contribution in [3.63, 3.8) is 0 Å². The molecule has 11 heteroatoms. The van der Waals surface area contributed by atoms with E-state index in [1.807, 2.05) is 0 Å². The second-order valence-electron chi connectivity index (χ2n) is 6.64. The highest BCUT2D eigenvalue weighted by Gasteiger charge is 2.33. The van der Waals surface area contributed by atoms with Crippen molar-refractivity contribution in [3.05, 3.63) is 58.1 Å². The van der Waals surface area contributed by atoms with Crippen molar-refractivity contribution in [2.75, 3.05) is 31.6 Å². The van der Waals surface area contributed by atoms with E-state index < -0.39 is 32.7 Å². The average Bonchev–Trinajstić information content (AvgIpc) is 2.69. The maximum atomic E-state index is 13.0. The summed E-state index contributed by atoms with van der Waals surface area (Å²) in [6.07, 6.45) is -4.68. The first-order valence-corrected chi connectivity index (χ1v) is 10.7. The molecule has 1 fully saturated rings. The van der Waals surface area contributed by atoms with Crippen molar-refractivity contribution in [3.8, 4) is 0 Å². The lowest BCUT2D eigenvalue weighted by Crippen LogP contribution is -2.40. The Labute approximate surface area is 176 Å². The van der Waals surface area contributed by atoms with E-state index in [0.717, 1.165) is 12.1 Å². The first-order valence-electron chi connectivity index (χ1n) is 8.87. The van der Waals surface area contributed by atoms with Gasteiger partial charge < -0.3 is 10.1 Å². The van der Waals surface area contributed by atoms with Gasteiger partial charge in [0.25, 0.3) is 5.91 Å². The fourth-order valence-corrected chi connectivity index (χ4v) is 4.62. The van der Waals surface area contributed by atoms with E-state index in [-0.39, 0.29) is 42.4 Å². The summed E-state index contributed by atoms with van der Waals surface area (Å²) >= 11 is 5.59. The number of halogens is 4. The number of aryl methyl sites for hydroxylation is 1. The van der Waals surface area contributed by atoms with E-state index in [1.54, 1.807) is 6.92 Å². The SMILES string of the molecule is Cc1ccc(S(=O)(=O)N2CCOCC2)cc1C(=O)Nc1ccc(Cl)c(C(F)(F)F)c1. The number of alkyl halides is 3. The number of benzene rings is 2. The molecule has 1 aliphatic rings. The number of nitrogens with one attached hydrogen (secondary N) is 1. The van der Waals surface area contributed by atoms with Crippen LogP contribution in [0.15, 0.2) is 41.3 Å². The zero-order valence-corrected chi connectivity index (χ0v) is 17.4. The summed E-state index contributed by atoms with van der Waals surface area (Å²) < 4.78 is 71.2. The van der Waals surface area contributed by atoms with Gasteiger partial charge in [0.15, 0.2) is 0 Å². The molecule has 2 aromatic rings. The smallest absolute Gasteiger partial charge is 0.379 e. The molecule has 1 heterocycles. The molecule has 0 spiro atoms. The van der Waals surface area contributed by atoms with Crippen molar-refractivity contribution in [2.45, 2.75) is 18.0 Å². The number of anilines is 1. The summed E-state index contributed by atoms with van der Waals surface area (Å²) in [4.78, 5) is 12.6. The van der Waals surface area contributed by atoms with Gasteiger partial charge in [-0.3, -0.25) is 4.79 Å². The van der Waals surface area contributed by atoms with Crippen LogP contribution >= 0.6 is 11.6 Å². The lowest BCUT2D eigenvalue weighted by molar-refractivity contribution is -0.137. The maximum Gasteiger partial charge on any atom is 0.417 e. The Balaban J connectivity index is 1.89. The lowest BCUT2D eigenvalue weighted by Gasteiger charge is -2.26. The Bertz CT molecular complexity index is 1070. The van der Waals surface area contributed by atoms with Crippen LogP contribution in [0.1, 0.15) is 21.5 Å². The lowest BCUT2D eigenvalue weighted by atomic mass is 10.1. The molecule has 6 nitrogen and oxygen atoms in total. The van der Waals surface area contributed by atoms with E-state index >= 15 is 0 Å². The van der Waals surface area contributed by atoms with E-state index in [0.29, 0.717) is 5.56 Å². The van der Waals surface area contributed by atoms with Crippen LogP contribution < -0.4 is 5.32 Å². The highest BCUT2D eigenvalue weighted by atomic mass is 35.5. The average molecular weight is 463 g/mol. The van der Waals surface area contributed by atoms with E-state index in [2.05, 4.69) is 5.32 Å². The molecule has 1 amide bonds. The molecular weight excluding hydrogens is 445 g/mol. The third kappa shape index (κ3) is 4.77. The number of sulfonamides is 1. The summed E-state index contributed by atoms with van der Waals surface area (Å²) in [5.41, 5.74) is -0.689. The second kappa shape index (κ2) is 8.54. The number of nitrogens with zero attached hydrogens (tertiary/aromatic N) is 1. The van der Waals surface area contributed by atoms with Crippen LogP contribution in [0.3, 0.4) is 0 Å². The summed E-state index contributed by atoms with van der Waals surface area (Å²) in [5.74, 6) is -0.734. The van der Waals surface area contributed by atoms with Crippen LogP contribution in [-0.2, 0) is 20.9 Å². The third-order valence-corrected chi connectivity index (χ3v) is 6.82. The normalized spacial score (nSPS) is 15.8. The number of hydrogen-bond acceptors (Lipinski definition) is 4. The second-order valence-corrected chi connectivity index (χ2v) is 8.98. The number of rotatable bonds is 4. The Morgan fingerprint density at radius 2 is 1.80 bits per heavy atom. The Kier molecular flexibility index (Phi) is 6.42. The molecule has 1 aliphatic heterocycles. The minimum absolute atomic E-state index is 0.0350. The van der Waals surface area contributed by atoms with Crippen LogP contribution in [0.2, 0.25) is 5.02 Å². The van der Waals surface area contributed by atoms with Crippen LogP contribution in [0.25, 0.3) is 0 Å². The maximum absolute atomic E-state index is 13.0. The molecule has 0 saturated carbocycles. The fourth-order valence-electron chi connectivity index (χ4n) is 2.96. The van der Waals surface area contributed by atoms with Gasteiger partial charge in [0.05, 0.1) is 28.7 Å². The first kappa shape index (κ1) is 22.5. The predicted octanol–water partition coefficient (Wildman–Crippen LogP) is 3.94. The largest absolute Gasteiger partial charge is 0.417 e. The molecule has 0 unspecified atom stereocenters. The molecular formula is C19H18ClF3N2O4S. The van der Waals surface area contributed by atoms with Crippen LogP contribution in [0, 0.1) is 6.92 Å². The quantitative estimate of drug-likeness (QED) is 0.746. The highest BCUT2D eigenvalue weighted by Crippen LogP contribution is 2.36. The van der Waals surface area contributed by atoms with E-state index in [1.165, 1.54) is 28.6 Å². The van der Waals surface area contributed by atoms with E-state index in [9.17, 15) is 26.4 Å². The number of carbonyl (C=O) groups is 1. The first-order chi connectivity index (χ1) is 14.0. The molecule has 0 aromatic heterocycles. The molecule has 162 valence electrons. The fraction of sp³-hybridized carbons (Fsp3) is 0.316. The summed E-state index contributed by atoms with van der Waals surface area (Å²) in [7, 11) is -3.83. The Hall–Kier alpha value is -2.14. The molecule has 3 rings (SSSR count). The highest BCUT2D eigenvalue weighted by molar-refractivity contribution is 7.89. The number of morpholine rings is 1. The number of ether oxygens (including phenoxy) is 1. The molecule has 1 N–H and O–H groups in total. The van der Waals surface area contributed by atoms with Crippen molar-refractivity contribution in [1.29, 1.82) is 0 Å². The summed E-state index contributed by atoms with van der Waals surface area (Å²) in [6, 6.07) is 7.08. The number of carbonyl (C=O) groups excluding carboxylic acids is 1. The van der Waals surface area contributed by atoms with Crippen molar-refractivity contribution in [2.24, 2.45) is 0 Å². The predicted molar refractivity (Wildman–Crippen MR) is 105 cm³/mol. The van der Waals surface area contributed by atoms with Gasteiger partial charge in [0, 0.05) is 24.3 Å². The molecule has 0 atom stereocenters. The van der Waals surface area contributed by atoms with Gasteiger partial charge in [-0.1, -0.05) is 17.7 Å². The monoisotopic (exact) mass is 462 g/mol. The van der Waals surface area contributed by atoms with Gasteiger partial charge in [0.1, 0.15) is 0 Å². The van der Waals surface area contributed by atoms with Gasteiger partial charge in [-0.2, -0.15) is 17.5 Å². The molecule has 1 saturated heterocycles. The standard InChI is InChI=1S/C19H18ClF3N2O4S/c1-12-2-4-14(30(27,28)25-6-8-29-9-7-25)11-15(12)18(26)24-13-3-5-17(20)16(10-13)19(21,22)23/h2-5,10-11H,6-9H2,1H3,(H,24,26). The number of amides is 1. The molecule has 0 aliphatic carbocycles. The zero-order chi connectivity index (χ0) is 22.1. The summed E-state index contributed by atoms with van der Waals surface area (Å²) in [6.45, 7) is 2.54. The molecule has 0 bridgehead atoms.